The Morgan fingerprint density at radius 3 is 2.80 bits per heavy atom. The molecule has 1 amide bonds. The summed E-state index contributed by atoms with van der Waals surface area (Å²) < 4.78 is 2.24. The molecule has 0 spiro atoms. The lowest BCUT2D eigenvalue weighted by molar-refractivity contribution is -0.121. The van der Waals surface area contributed by atoms with Crippen LogP contribution in [0.2, 0.25) is 0 Å². The molecule has 0 aliphatic heterocycles. The Labute approximate surface area is 122 Å². The van der Waals surface area contributed by atoms with Crippen molar-refractivity contribution in [3.05, 3.63) is 17.7 Å². The van der Waals surface area contributed by atoms with E-state index in [-0.39, 0.29) is 5.91 Å². The van der Waals surface area contributed by atoms with Crippen molar-refractivity contribution in [2.24, 2.45) is 5.92 Å². The summed E-state index contributed by atoms with van der Waals surface area (Å²) in [5.74, 6) is 1.89. The maximum atomic E-state index is 11.9. The first-order valence-electron chi connectivity index (χ1n) is 7.87. The monoisotopic (exact) mass is 277 g/mol. The normalized spacial score (nSPS) is 16.0. The van der Waals surface area contributed by atoms with Gasteiger partial charge >= 0.3 is 0 Å². The maximum Gasteiger partial charge on any atom is 0.220 e. The third kappa shape index (κ3) is 3.84. The fourth-order valence-corrected chi connectivity index (χ4v) is 3.25. The number of nitrogens with zero attached hydrogens (tertiary/aromatic N) is 2. The SMILES string of the molecule is Cc1cnc(CCNC(=O)CC2CCCC2)n1C(C)C. The highest BCUT2D eigenvalue weighted by Gasteiger charge is 2.18. The molecule has 0 bridgehead atoms. The van der Waals surface area contributed by atoms with E-state index in [2.05, 4.69) is 35.6 Å². The second-order valence-corrected chi connectivity index (χ2v) is 6.23. The van der Waals surface area contributed by atoms with Gasteiger partial charge in [0.25, 0.3) is 0 Å². The van der Waals surface area contributed by atoms with Gasteiger partial charge in [-0.2, -0.15) is 0 Å². The van der Waals surface area contributed by atoms with Crippen LogP contribution in [0.5, 0.6) is 0 Å². The second-order valence-electron chi connectivity index (χ2n) is 6.23. The van der Waals surface area contributed by atoms with E-state index in [0.29, 0.717) is 24.9 Å². The first-order valence-corrected chi connectivity index (χ1v) is 7.87. The molecule has 1 saturated carbocycles. The molecule has 4 heteroatoms. The van der Waals surface area contributed by atoms with Crippen LogP contribution in [-0.4, -0.2) is 22.0 Å². The molecule has 0 aromatic carbocycles. The quantitative estimate of drug-likeness (QED) is 0.869. The molecule has 0 unspecified atom stereocenters. The van der Waals surface area contributed by atoms with Crippen molar-refractivity contribution < 1.29 is 4.79 Å². The topological polar surface area (TPSA) is 46.9 Å². The molecule has 2 rings (SSSR count). The van der Waals surface area contributed by atoms with Crippen molar-refractivity contribution in [3.63, 3.8) is 0 Å². The molecule has 112 valence electrons. The summed E-state index contributed by atoms with van der Waals surface area (Å²) >= 11 is 0. The van der Waals surface area contributed by atoms with E-state index >= 15 is 0 Å². The molecule has 1 aromatic heterocycles. The Morgan fingerprint density at radius 1 is 1.45 bits per heavy atom. The van der Waals surface area contributed by atoms with Crippen molar-refractivity contribution in [3.8, 4) is 0 Å². The van der Waals surface area contributed by atoms with Crippen LogP contribution in [0.15, 0.2) is 6.20 Å². The van der Waals surface area contributed by atoms with E-state index in [4.69, 9.17) is 0 Å². The van der Waals surface area contributed by atoms with E-state index in [1.54, 1.807) is 0 Å². The van der Waals surface area contributed by atoms with E-state index in [9.17, 15) is 4.79 Å². The molecule has 1 aliphatic carbocycles. The van der Waals surface area contributed by atoms with Crippen LogP contribution in [0.1, 0.15) is 63.5 Å². The van der Waals surface area contributed by atoms with Gasteiger partial charge in [0.2, 0.25) is 5.91 Å². The number of carbonyl (C=O) groups excluding carboxylic acids is 1. The minimum absolute atomic E-state index is 0.205. The van der Waals surface area contributed by atoms with Gasteiger partial charge in [-0.1, -0.05) is 12.8 Å². The lowest BCUT2D eigenvalue weighted by Crippen LogP contribution is -2.28. The average Bonchev–Trinajstić information content (AvgIpc) is 2.99. The van der Waals surface area contributed by atoms with Crippen LogP contribution < -0.4 is 5.32 Å². The number of amides is 1. The summed E-state index contributed by atoms with van der Waals surface area (Å²) in [6, 6.07) is 0.418. The lowest BCUT2D eigenvalue weighted by atomic mass is 10.0. The van der Waals surface area contributed by atoms with E-state index in [1.165, 1.54) is 31.4 Å². The van der Waals surface area contributed by atoms with Crippen molar-refractivity contribution in [1.29, 1.82) is 0 Å². The Morgan fingerprint density at radius 2 is 2.15 bits per heavy atom. The molecule has 1 fully saturated rings. The number of hydrogen-bond acceptors (Lipinski definition) is 2. The molecular weight excluding hydrogens is 250 g/mol. The molecule has 1 aromatic rings. The van der Waals surface area contributed by atoms with Crippen molar-refractivity contribution in [2.75, 3.05) is 6.54 Å². The van der Waals surface area contributed by atoms with Crippen molar-refractivity contribution in [1.82, 2.24) is 14.9 Å². The smallest absolute Gasteiger partial charge is 0.220 e. The molecule has 1 N–H and O–H groups in total. The zero-order valence-electron chi connectivity index (χ0n) is 13.0. The van der Waals surface area contributed by atoms with Gasteiger partial charge in [-0.05, 0) is 39.5 Å². The summed E-state index contributed by atoms with van der Waals surface area (Å²) in [4.78, 5) is 16.3. The molecular formula is C16H27N3O. The van der Waals surface area contributed by atoms with Crippen LogP contribution in [0, 0.1) is 12.8 Å². The fourth-order valence-electron chi connectivity index (χ4n) is 3.25. The van der Waals surface area contributed by atoms with Gasteiger partial charge in [0.1, 0.15) is 5.82 Å². The van der Waals surface area contributed by atoms with Crippen LogP contribution in [-0.2, 0) is 11.2 Å². The van der Waals surface area contributed by atoms with Crippen molar-refractivity contribution in [2.45, 2.75) is 65.3 Å². The van der Waals surface area contributed by atoms with E-state index in [0.717, 1.165) is 12.2 Å². The first-order chi connectivity index (χ1) is 9.58. The molecule has 0 saturated heterocycles. The largest absolute Gasteiger partial charge is 0.356 e. The Kier molecular flexibility index (Phi) is 5.21. The number of nitrogens with one attached hydrogen (secondary N) is 1. The van der Waals surface area contributed by atoms with Gasteiger partial charge in [-0.15, -0.1) is 0 Å². The Hall–Kier alpha value is -1.32. The summed E-state index contributed by atoms with van der Waals surface area (Å²) in [7, 11) is 0. The predicted molar refractivity (Wildman–Crippen MR) is 80.6 cm³/mol. The number of imidazole rings is 1. The van der Waals surface area contributed by atoms with Gasteiger partial charge in [-0.25, -0.2) is 4.98 Å². The summed E-state index contributed by atoms with van der Waals surface area (Å²) in [6.07, 6.45) is 8.47. The zero-order chi connectivity index (χ0) is 14.5. The summed E-state index contributed by atoms with van der Waals surface area (Å²) in [5, 5.41) is 3.04. The molecule has 0 atom stereocenters. The highest BCUT2D eigenvalue weighted by molar-refractivity contribution is 5.76. The van der Waals surface area contributed by atoms with Crippen molar-refractivity contribution >= 4 is 5.91 Å². The van der Waals surface area contributed by atoms with Crippen LogP contribution in [0.25, 0.3) is 0 Å². The Balaban J connectivity index is 1.76. The number of aromatic nitrogens is 2. The summed E-state index contributed by atoms with van der Waals surface area (Å²) in [6.45, 7) is 7.09. The average molecular weight is 277 g/mol. The van der Waals surface area contributed by atoms with Crippen LogP contribution in [0.3, 0.4) is 0 Å². The van der Waals surface area contributed by atoms with Gasteiger partial charge in [-0.3, -0.25) is 4.79 Å². The third-order valence-electron chi connectivity index (χ3n) is 4.19. The highest BCUT2D eigenvalue weighted by Crippen LogP contribution is 2.27. The predicted octanol–water partition coefficient (Wildman–Crippen LogP) is 3.01. The number of aryl methyl sites for hydroxylation is 1. The number of rotatable bonds is 6. The molecule has 1 heterocycles. The first kappa shape index (κ1) is 15.1. The number of hydrogen-bond donors (Lipinski definition) is 1. The third-order valence-corrected chi connectivity index (χ3v) is 4.19. The van der Waals surface area contributed by atoms with Crippen LogP contribution >= 0.6 is 0 Å². The standard InChI is InChI=1S/C16H27N3O/c1-12(2)19-13(3)11-18-15(19)8-9-17-16(20)10-14-6-4-5-7-14/h11-12,14H,4-10H2,1-3H3,(H,17,20). The fraction of sp³-hybridized carbons (Fsp3) is 0.750. The molecule has 0 radical (unpaired) electrons. The summed E-state index contributed by atoms with van der Waals surface area (Å²) in [5.41, 5.74) is 1.19. The van der Waals surface area contributed by atoms with Gasteiger partial charge in [0.05, 0.1) is 0 Å². The lowest BCUT2D eigenvalue weighted by Gasteiger charge is -2.14. The molecule has 20 heavy (non-hydrogen) atoms. The molecule has 4 nitrogen and oxygen atoms in total. The van der Waals surface area contributed by atoms with E-state index < -0.39 is 0 Å². The van der Waals surface area contributed by atoms with Gasteiger partial charge in [0, 0.05) is 37.3 Å². The van der Waals surface area contributed by atoms with Crippen LogP contribution in [0.4, 0.5) is 0 Å². The zero-order valence-corrected chi connectivity index (χ0v) is 13.0. The highest BCUT2D eigenvalue weighted by atomic mass is 16.1. The molecule has 1 aliphatic rings. The maximum absolute atomic E-state index is 11.9. The second kappa shape index (κ2) is 6.91. The Bertz CT molecular complexity index is 445. The number of carbonyl (C=O) groups is 1. The minimum Gasteiger partial charge on any atom is -0.356 e. The van der Waals surface area contributed by atoms with Gasteiger partial charge < -0.3 is 9.88 Å². The van der Waals surface area contributed by atoms with E-state index in [1.807, 2.05) is 6.20 Å². The van der Waals surface area contributed by atoms with Gasteiger partial charge in [0.15, 0.2) is 0 Å². The minimum atomic E-state index is 0.205.